The minimum absolute atomic E-state index is 0.0235. The molecule has 0 bridgehead atoms. The average Bonchev–Trinajstić information content (AvgIpc) is 2.38. The molecule has 0 radical (unpaired) electrons. The van der Waals surface area contributed by atoms with Crippen molar-refractivity contribution < 1.29 is 13.2 Å². The van der Waals surface area contributed by atoms with Crippen LogP contribution < -0.4 is 5.73 Å². The first-order valence-electron chi connectivity index (χ1n) is 5.40. The second kappa shape index (κ2) is 4.65. The Morgan fingerprint density at radius 3 is 2.21 bits per heavy atom. The van der Waals surface area contributed by atoms with Crippen LogP contribution in [0.4, 0.5) is 18.9 Å². The summed E-state index contributed by atoms with van der Waals surface area (Å²) in [6.45, 7) is 0. The van der Waals surface area contributed by atoms with E-state index in [0.717, 1.165) is 6.07 Å². The van der Waals surface area contributed by atoms with Crippen LogP contribution in [0.5, 0.6) is 0 Å². The van der Waals surface area contributed by atoms with Gasteiger partial charge in [0.2, 0.25) is 0 Å². The normalized spacial score (nSPS) is 11.1. The molecule has 0 aliphatic rings. The maximum atomic E-state index is 12.9. The van der Waals surface area contributed by atoms with Crippen molar-refractivity contribution in [1.82, 2.24) is 0 Å². The first-order chi connectivity index (χ1) is 8.95. The van der Waals surface area contributed by atoms with E-state index in [9.17, 15) is 13.2 Å². The molecule has 2 rings (SSSR count). The third kappa shape index (κ3) is 2.38. The van der Waals surface area contributed by atoms with Gasteiger partial charge in [-0.25, -0.2) is 0 Å². The fraction of sp³-hybridized carbons (Fsp3) is 0.0714. The van der Waals surface area contributed by atoms with Gasteiger partial charge in [0.15, 0.2) is 0 Å². The van der Waals surface area contributed by atoms with Crippen molar-refractivity contribution in [3.63, 3.8) is 0 Å². The van der Waals surface area contributed by atoms with Gasteiger partial charge in [-0.05, 0) is 17.7 Å². The summed E-state index contributed by atoms with van der Waals surface area (Å²) in [6, 6.07) is 11.5. The first kappa shape index (κ1) is 13.0. The van der Waals surface area contributed by atoms with Crippen LogP contribution in [-0.2, 0) is 6.18 Å². The molecule has 5 heteroatoms. The van der Waals surface area contributed by atoms with Gasteiger partial charge < -0.3 is 5.73 Å². The van der Waals surface area contributed by atoms with Gasteiger partial charge in [0.05, 0.1) is 16.8 Å². The van der Waals surface area contributed by atoms with E-state index in [-0.39, 0.29) is 22.4 Å². The van der Waals surface area contributed by atoms with Crippen molar-refractivity contribution in [2.24, 2.45) is 0 Å². The standard InChI is InChI=1S/C14H9F3N2/c15-14(16,17)12-7-2-1-5-10(12)11-6-3-4-9(8-18)13(11)19/h1-7H,19H2. The summed E-state index contributed by atoms with van der Waals surface area (Å²) in [7, 11) is 0. The predicted octanol–water partition coefficient (Wildman–Crippen LogP) is 3.83. The molecule has 0 atom stereocenters. The van der Waals surface area contributed by atoms with E-state index in [0.29, 0.717) is 0 Å². The lowest BCUT2D eigenvalue weighted by Gasteiger charge is -2.14. The van der Waals surface area contributed by atoms with Gasteiger partial charge in [-0.15, -0.1) is 0 Å². The molecule has 96 valence electrons. The summed E-state index contributed by atoms with van der Waals surface area (Å²) in [6.07, 6.45) is -4.47. The average molecular weight is 262 g/mol. The Hall–Kier alpha value is -2.48. The Labute approximate surface area is 107 Å². The van der Waals surface area contributed by atoms with Crippen LogP contribution >= 0.6 is 0 Å². The van der Waals surface area contributed by atoms with Crippen molar-refractivity contribution >= 4 is 5.69 Å². The van der Waals surface area contributed by atoms with Crippen LogP contribution in [0.3, 0.4) is 0 Å². The highest BCUT2D eigenvalue weighted by Gasteiger charge is 2.33. The van der Waals surface area contributed by atoms with Crippen LogP contribution in [0.2, 0.25) is 0 Å². The van der Waals surface area contributed by atoms with Gasteiger partial charge >= 0.3 is 6.18 Å². The number of hydrogen-bond acceptors (Lipinski definition) is 2. The Bertz CT molecular complexity index is 654. The molecule has 2 N–H and O–H groups in total. The summed E-state index contributed by atoms with van der Waals surface area (Å²) in [5.41, 5.74) is 5.39. The van der Waals surface area contributed by atoms with Crippen molar-refractivity contribution in [3.8, 4) is 17.2 Å². The molecule has 0 aliphatic heterocycles. The van der Waals surface area contributed by atoms with Crippen LogP contribution in [0, 0.1) is 11.3 Å². The number of benzene rings is 2. The third-order valence-electron chi connectivity index (χ3n) is 2.75. The molecule has 2 aromatic carbocycles. The van der Waals surface area contributed by atoms with E-state index in [2.05, 4.69) is 0 Å². The van der Waals surface area contributed by atoms with Gasteiger partial charge in [0.25, 0.3) is 0 Å². The lowest BCUT2D eigenvalue weighted by molar-refractivity contribution is -0.137. The zero-order chi connectivity index (χ0) is 14.0. The number of anilines is 1. The van der Waals surface area contributed by atoms with Crippen LogP contribution in [0.15, 0.2) is 42.5 Å². The molecule has 0 fully saturated rings. The summed E-state index contributed by atoms with van der Waals surface area (Å²) in [5.74, 6) is 0. The minimum Gasteiger partial charge on any atom is -0.397 e. The molecule has 0 saturated heterocycles. The topological polar surface area (TPSA) is 49.8 Å². The van der Waals surface area contributed by atoms with E-state index >= 15 is 0 Å². The Morgan fingerprint density at radius 2 is 1.58 bits per heavy atom. The van der Waals surface area contributed by atoms with E-state index in [4.69, 9.17) is 11.0 Å². The van der Waals surface area contributed by atoms with Gasteiger partial charge in [-0.1, -0.05) is 30.3 Å². The summed E-state index contributed by atoms with van der Waals surface area (Å²) >= 11 is 0. The molecule has 0 heterocycles. The fourth-order valence-corrected chi connectivity index (χ4v) is 1.86. The van der Waals surface area contributed by atoms with Crippen molar-refractivity contribution in [3.05, 3.63) is 53.6 Å². The highest BCUT2D eigenvalue weighted by molar-refractivity contribution is 5.82. The smallest absolute Gasteiger partial charge is 0.397 e. The predicted molar refractivity (Wildman–Crippen MR) is 66.0 cm³/mol. The number of para-hydroxylation sites is 1. The lowest BCUT2D eigenvalue weighted by Crippen LogP contribution is -2.07. The van der Waals surface area contributed by atoms with Crippen LogP contribution in [0.1, 0.15) is 11.1 Å². The van der Waals surface area contributed by atoms with Crippen LogP contribution in [0.25, 0.3) is 11.1 Å². The Morgan fingerprint density at radius 1 is 0.947 bits per heavy atom. The second-order valence-electron chi connectivity index (χ2n) is 3.92. The SMILES string of the molecule is N#Cc1cccc(-c2ccccc2C(F)(F)F)c1N. The van der Waals surface area contributed by atoms with Gasteiger partial charge in [0, 0.05) is 5.56 Å². The largest absolute Gasteiger partial charge is 0.417 e. The second-order valence-corrected chi connectivity index (χ2v) is 3.92. The molecular weight excluding hydrogens is 253 g/mol. The zero-order valence-corrected chi connectivity index (χ0v) is 9.70. The van der Waals surface area contributed by atoms with Crippen molar-refractivity contribution in [2.45, 2.75) is 6.18 Å². The number of nitrogens with two attached hydrogens (primary N) is 1. The number of hydrogen-bond donors (Lipinski definition) is 1. The molecular formula is C14H9F3N2. The van der Waals surface area contributed by atoms with Crippen molar-refractivity contribution in [2.75, 3.05) is 5.73 Å². The highest BCUT2D eigenvalue weighted by Crippen LogP contribution is 2.39. The van der Waals surface area contributed by atoms with Crippen LogP contribution in [-0.4, -0.2) is 0 Å². The zero-order valence-electron chi connectivity index (χ0n) is 9.70. The van der Waals surface area contributed by atoms with Crippen molar-refractivity contribution in [1.29, 1.82) is 5.26 Å². The number of nitrogens with zero attached hydrogens (tertiary/aromatic N) is 1. The summed E-state index contributed by atoms with van der Waals surface area (Å²) < 4.78 is 38.8. The van der Waals surface area contributed by atoms with Gasteiger partial charge in [-0.2, -0.15) is 18.4 Å². The Kier molecular flexibility index (Phi) is 3.17. The lowest BCUT2D eigenvalue weighted by atomic mass is 9.96. The molecule has 19 heavy (non-hydrogen) atoms. The molecule has 0 spiro atoms. The molecule has 0 aromatic heterocycles. The molecule has 0 saturated carbocycles. The van der Waals surface area contributed by atoms with E-state index in [1.165, 1.54) is 36.4 Å². The molecule has 2 aromatic rings. The third-order valence-corrected chi connectivity index (χ3v) is 2.75. The Balaban J connectivity index is 2.71. The number of nitriles is 1. The van der Waals surface area contributed by atoms with Gasteiger partial charge in [0.1, 0.15) is 6.07 Å². The van der Waals surface area contributed by atoms with E-state index in [1.54, 1.807) is 0 Å². The minimum atomic E-state index is -4.47. The molecule has 0 unspecified atom stereocenters. The molecule has 0 aliphatic carbocycles. The monoisotopic (exact) mass is 262 g/mol. The molecule has 2 nitrogen and oxygen atoms in total. The van der Waals surface area contributed by atoms with E-state index in [1.807, 2.05) is 6.07 Å². The number of rotatable bonds is 1. The maximum absolute atomic E-state index is 12.9. The first-order valence-corrected chi connectivity index (χ1v) is 5.40. The molecule has 0 amide bonds. The number of halogens is 3. The fourth-order valence-electron chi connectivity index (χ4n) is 1.86. The summed E-state index contributed by atoms with van der Waals surface area (Å²) in [5, 5.41) is 8.87. The highest BCUT2D eigenvalue weighted by atomic mass is 19.4. The number of nitrogen functional groups attached to an aromatic ring is 1. The maximum Gasteiger partial charge on any atom is 0.417 e. The number of alkyl halides is 3. The van der Waals surface area contributed by atoms with E-state index < -0.39 is 11.7 Å². The summed E-state index contributed by atoms with van der Waals surface area (Å²) in [4.78, 5) is 0. The quantitative estimate of drug-likeness (QED) is 0.794. The van der Waals surface area contributed by atoms with Gasteiger partial charge in [-0.3, -0.25) is 0 Å².